The van der Waals surface area contributed by atoms with Crippen LogP contribution in [0.25, 0.3) is 0 Å². The summed E-state index contributed by atoms with van der Waals surface area (Å²) < 4.78 is 5.89. The molecule has 1 aromatic carbocycles. The highest BCUT2D eigenvalue weighted by Crippen LogP contribution is 2.26. The molecular weight excluding hydrogens is 264 g/mol. The fourth-order valence-electron chi connectivity index (χ4n) is 2.13. The molecule has 0 aliphatic carbocycles. The Hall–Kier alpha value is -1.55. The number of carbonyl (C=O) groups is 1. The van der Waals surface area contributed by atoms with E-state index in [2.05, 4.69) is 49.6 Å². The summed E-state index contributed by atoms with van der Waals surface area (Å²) in [5, 5.41) is 6.10. The van der Waals surface area contributed by atoms with Crippen molar-refractivity contribution in [2.24, 2.45) is 0 Å². The number of benzene rings is 1. The molecule has 2 N–H and O–H groups in total. The summed E-state index contributed by atoms with van der Waals surface area (Å²) >= 11 is 0. The third-order valence-corrected chi connectivity index (χ3v) is 3.42. The molecule has 1 aromatic rings. The first-order valence-corrected chi connectivity index (χ1v) is 7.75. The van der Waals surface area contributed by atoms with Gasteiger partial charge >= 0.3 is 0 Å². The Morgan fingerprint density at radius 2 is 2.14 bits per heavy atom. The predicted molar refractivity (Wildman–Crippen MR) is 86.7 cm³/mol. The Bertz CT molecular complexity index is 446. The lowest BCUT2D eigenvalue weighted by Crippen LogP contribution is -2.20. The Morgan fingerprint density at radius 3 is 2.81 bits per heavy atom. The Labute approximate surface area is 128 Å². The molecule has 0 heterocycles. The Balaban J connectivity index is 2.62. The normalized spacial score (nSPS) is 12.0. The molecule has 118 valence electrons. The maximum absolute atomic E-state index is 11.2. The van der Waals surface area contributed by atoms with Crippen LogP contribution in [0.2, 0.25) is 0 Å². The van der Waals surface area contributed by atoms with Crippen LogP contribution >= 0.6 is 0 Å². The smallest absolute Gasteiger partial charge is 0.219 e. The molecule has 4 nitrogen and oxygen atoms in total. The molecule has 0 fully saturated rings. The van der Waals surface area contributed by atoms with Crippen LogP contribution in [0, 0.1) is 6.92 Å². The summed E-state index contributed by atoms with van der Waals surface area (Å²) in [7, 11) is 1.66. The largest absolute Gasteiger partial charge is 0.493 e. The minimum absolute atomic E-state index is 0.0565. The van der Waals surface area contributed by atoms with Crippen molar-refractivity contribution in [1.29, 1.82) is 0 Å². The van der Waals surface area contributed by atoms with Crippen LogP contribution in [0.15, 0.2) is 18.2 Å². The van der Waals surface area contributed by atoms with Gasteiger partial charge in [-0.1, -0.05) is 19.1 Å². The number of rotatable bonds is 9. The van der Waals surface area contributed by atoms with Crippen molar-refractivity contribution in [1.82, 2.24) is 10.6 Å². The number of hydrogen-bond acceptors (Lipinski definition) is 3. The summed E-state index contributed by atoms with van der Waals surface area (Å²) in [6.07, 6.45) is 2.34. The fraction of sp³-hybridized carbons (Fsp3) is 0.588. The molecule has 1 amide bonds. The fourth-order valence-corrected chi connectivity index (χ4v) is 2.13. The Kier molecular flexibility index (Phi) is 7.83. The summed E-state index contributed by atoms with van der Waals surface area (Å²) in [4.78, 5) is 11.2. The first-order chi connectivity index (χ1) is 10.1. The van der Waals surface area contributed by atoms with Crippen molar-refractivity contribution in [3.63, 3.8) is 0 Å². The molecular formula is C17H28N2O2. The molecule has 0 aliphatic rings. The molecule has 0 aliphatic heterocycles. The molecule has 1 unspecified atom stereocenters. The molecule has 0 saturated heterocycles. The number of ether oxygens (including phenoxy) is 1. The average molecular weight is 292 g/mol. The molecule has 0 aromatic heterocycles. The van der Waals surface area contributed by atoms with Gasteiger partial charge in [0.05, 0.1) is 6.61 Å². The topological polar surface area (TPSA) is 50.4 Å². The van der Waals surface area contributed by atoms with Crippen LogP contribution in [0.1, 0.15) is 50.3 Å². The van der Waals surface area contributed by atoms with Crippen molar-refractivity contribution in [3.05, 3.63) is 29.3 Å². The van der Waals surface area contributed by atoms with Gasteiger partial charge in [0.25, 0.3) is 0 Å². The lowest BCUT2D eigenvalue weighted by Gasteiger charge is -2.18. The molecule has 4 heteroatoms. The molecule has 0 saturated carbocycles. The van der Waals surface area contributed by atoms with E-state index >= 15 is 0 Å². The van der Waals surface area contributed by atoms with Crippen LogP contribution in [-0.4, -0.2) is 26.1 Å². The van der Waals surface area contributed by atoms with E-state index in [1.165, 1.54) is 11.1 Å². The SMILES string of the molecule is CCCNC(C)c1ccc(C)cc1OCCCC(=O)NC. The van der Waals surface area contributed by atoms with Crippen molar-refractivity contribution >= 4 is 5.91 Å². The molecule has 0 bridgehead atoms. The van der Waals surface area contributed by atoms with Crippen LogP contribution < -0.4 is 15.4 Å². The van der Waals surface area contributed by atoms with Crippen LogP contribution in [0.5, 0.6) is 5.75 Å². The highest BCUT2D eigenvalue weighted by Gasteiger charge is 2.11. The molecule has 0 spiro atoms. The van der Waals surface area contributed by atoms with Crippen molar-refractivity contribution < 1.29 is 9.53 Å². The van der Waals surface area contributed by atoms with Gasteiger partial charge in [0.15, 0.2) is 0 Å². The summed E-state index contributed by atoms with van der Waals surface area (Å²) in [6, 6.07) is 6.56. The minimum atomic E-state index is 0.0565. The average Bonchev–Trinajstić information content (AvgIpc) is 2.49. The second kappa shape index (κ2) is 9.40. The molecule has 1 atom stereocenters. The van der Waals surface area contributed by atoms with Crippen LogP contribution in [-0.2, 0) is 4.79 Å². The van der Waals surface area contributed by atoms with E-state index in [1.807, 2.05) is 0 Å². The summed E-state index contributed by atoms with van der Waals surface area (Å²) in [5.41, 5.74) is 2.36. The minimum Gasteiger partial charge on any atom is -0.493 e. The first kappa shape index (κ1) is 17.5. The van der Waals surface area contributed by atoms with Crippen molar-refractivity contribution in [2.45, 2.75) is 46.1 Å². The molecule has 21 heavy (non-hydrogen) atoms. The van der Waals surface area contributed by atoms with Gasteiger partial charge < -0.3 is 15.4 Å². The number of carbonyl (C=O) groups excluding carboxylic acids is 1. The monoisotopic (exact) mass is 292 g/mol. The maximum Gasteiger partial charge on any atom is 0.219 e. The van der Waals surface area contributed by atoms with E-state index in [-0.39, 0.29) is 11.9 Å². The second-order valence-corrected chi connectivity index (χ2v) is 5.34. The van der Waals surface area contributed by atoms with Gasteiger partial charge in [0.1, 0.15) is 5.75 Å². The summed E-state index contributed by atoms with van der Waals surface area (Å²) in [5.74, 6) is 0.976. The lowest BCUT2D eigenvalue weighted by molar-refractivity contribution is -0.120. The van der Waals surface area contributed by atoms with Crippen molar-refractivity contribution in [3.8, 4) is 5.75 Å². The molecule has 0 radical (unpaired) electrons. The van der Waals surface area contributed by atoms with Gasteiger partial charge in [-0.05, 0) is 44.9 Å². The van der Waals surface area contributed by atoms with E-state index in [1.54, 1.807) is 7.05 Å². The zero-order valence-corrected chi connectivity index (χ0v) is 13.7. The zero-order chi connectivity index (χ0) is 15.7. The van der Waals surface area contributed by atoms with Gasteiger partial charge in [-0.2, -0.15) is 0 Å². The van der Waals surface area contributed by atoms with Gasteiger partial charge in [0.2, 0.25) is 5.91 Å². The third-order valence-electron chi connectivity index (χ3n) is 3.42. The number of aryl methyl sites for hydroxylation is 1. The van der Waals surface area contributed by atoms with E-state index < -0.39 is 0 Å². The predicted octanol–water partition coefficient (Wildman–Crippen LogP) is 2.96. The number of hydrogen-bond donors (Lipinski definition) is 2. The van der Waals surface area contributed by atoms with Crippen molar-refractivity contribution in [2.75, 3.05) is 20.2 Å². The Morgan fingerprint density at radius 1 is 1.38 bits per heavy atom. The standard InChI is InChI=1S/C17H28N2O2/c1-5-10-19-14(3)15-9-8-13(2)12-16(15)21-11-6-7-17(20)18-4/h8-9,12,14,19H,5-7,10-11H2,1-4H3,(H,18,20). The van der Waals surface area contributed by atoms with E-state index in [4.69, 9.17) is 4.74 Å². The first-order valence-electron chi connectivity index (χ1n) is 7.75. The number of amides is 1. The zero-order valence-electron chi connectivity index (χ0n) is 13.7. The highest BCUT2D eigenvalue weighted by atomic mass is 16.5. The van der Waals surface area contributed by atoms with Crippen LogP contribution in [0.3, 0.4) is 0 Å². The quantitative estimate of drug-likeness (QED) is 0.688. The lowest BCUT2D eigenvalue weighted by atomic mass is 10.0. The third kappa shape index (κ3) is 6.17. The maximum atomic E-state index is 11.2. The highest BCUT2D eigenvalue weighted by molar-refractivity contribution is 5.75. The van der Waals surface area contributed by atoms with Gasteiger partial charge in [-0.25, -0.2) is 0 Å². The number of nitrogens with one attached hydrogen (secondary N) is 2. The molecule has 1 rings (SSSR count). The summed E-state index contributed by atoms with van der Waals surface area (Å²) in [6.45, 7) is 7.92. The van der Waals surface area contributed by atoms with E-state index in [9.17, 15) is 4.79 Å². The van der Waals surface area contributed by atoms with E-state index in [0.717, 1.165) is 25.1 Å². The van der Waals surface area contributed by atoms with Gasteiger partial charge in [-0.3, -0.25) is 4.79 Å². The van der Waals surface area contributed by atoms with E-state index in [0.29, 0.717) is 13.0 Å². The van der Waals surface area contributed by atoms with Gasteiger partial charge in [-0.15, -0.1) is 0 Å². The van der Waals surface area contributed by atoms with Gasteiger partial charge in [0, 0.05) is 25.1 Å². The second-order valence-electron chi connectivity index (χ2n) is 5.34. The van der Waals surface area contributed by atoms with Crippen LogP contribution in [0.4, 0.5) is 0 Å².